The summed E-state index contributed by atoms with van der Waals surface area (Å²) >= 11 is 1.44. The highest BCUT2D eigenvalue weighted by molar-refractivity contribution is 7.13. The van der Waals surface area contributed by atoms with Gasteiger partial charge in [-0.2, -0.15) is 0 Å². The lowest BCUT2D eigenvalue weighted by atomic mass is 10.3. The molecule has 3 rings (SSSR count). The van der Waals surface area contributed by atoms with Gasteiger partial charge in [0.05, 0.1) is 10.4 Å². The molecule has 0 amide bonds. The molecule has 94 valence electrons. The third-order valence-electron chi connectivity index (χ3n) is 2.68. The van der Waals surface area contributed by atoms with Crippen LogP contribution in [0, 0.1) is 4.91 Å². The number of imidazole rings is 1. The summed E-state index contributed by atoms with van der Waals surface area (Å²) in [6, 6.07) is 6.67. The van der Waals surface area contributed by atoms with Gasteiger partial charge in [-0.1, -0.05) is 6.07 Å². The number of carboxylic acids is 1. The highest BCUT2D eigenvalue weighted by Crippen LogP contribution is 2.33. The van der Waals surface area contributed by atoms with Gasteiger partial charge < -0.3 is 5.11 Å². The average molecular weight is 273 g/mol. The van der Waals surface area contributed by atoms with Crippen molar-refractivity contribution in [2.75, 3.05) is 0 Å². The molecule has 0 aliphatic rings. The molecule has 0 saturated carbocycles. The number of nitrogens with zero attached hydrogens (tertiary/aromatic N) is 3. The van der Waals surface area contributed by atoms with Crippen LogP contribution in [0.15, 0.2) is 41.0 Å². The minimum atomic E-state index is -1.06. The highest BCUT2D eigenvalue weighted by Gasteiger charge is 2.16. The predicted molar refractivity (Wildman–Crippen MR) is 70.9 cm³/mol. The topological polar surface area (TPSA) is 84.0 Å². The molecule has 6 nitrogen and oxygen atoms in total. The number of aromatic carboxylic acids is 1. The van der Waals surface area contributed by atoms with Crippen molar-refractivity contribution < 1.29 is 9.90 Å². The van der Waals surface area contributed by atoms with Crippen LogP contribution in [0.1, 0.15) is 10.4 Å². The molecule has 0 spiro atoms. The number of carboxylic acid groups (broad SMARTS) is 1. The van der Waals surface area contributed by atoms with Crippen molar-refractivity contribution in [1.29, 1.82) is 0 Å². The Bertz CT molecular complexity index is 777. The van der Waals surface area contributed by atoms with Crippen molar-refractivity contribution in [3.8, 4) is 10.6 Å². The maximum absolute atomic E-state index is 11.0. The van der Waals surface area contributed by atoms with Crippen LogP contribution in [-0.4, -0.2) is 20.5 Å². The Morgan fingerprint density at radius 1 is 1.37 bits per heavy atom. The second-order valence-corrected chi connectivity index (χ2v) is 4.75. The number of pyridine rings is 1. The van der Waals surface area contributed by atoms with E-state index in [2.05, 4.69) is 10.2 Å². The lowest BCUT2D eigenvalue weighted by molar-refractivity contribution is 0.0696. The molecule has 0 aliphatic carbocycles. The van der Waals surface area contributed by atoms with Gasteiger partial charge in [-0.05, 0) is 28.8 Å². The average Bonchev–Trinajstić information content (AvgIpc) is 3.04. The molecule has 1 N–H and O–H groups in total. The highest BCUT2D eigenvalue weighted by atomic mass is 32.1. The number of nitroso groups, excluding NO2 is 1. The summed E-state index contributed by atoms with van der Waals surface area (Å²) in [5.41, 5.74) is 1.03. The predicted octanol–water partition coefficient (Wildman–Crippen LogP) is 3.16. The van der Waals surface area contributed by atoms with E-state index in [9.17, 15) is 9.70 Å². The van der Waals surface area contributed by atoms with E-state index in [-0.39, 0.29) is 11.4 Å². The third kappa shape index (κ3) is 1.80. The van der Waals surface area contributed by atoms with Crippen LogP contribution in [0.2, 0.25) is 0 Å². The Labute approximate surface area is 110 Å². The van der Waals surface area contributed by atoms with Gasteiger partial charge in [0.15, 0.2) is 0 Å². The fraction of sp³-hybridized carbons (Fsp3) is 0. The number of rotatable bonds is 3. The Hall–Kier alpha value is -2.54. The van der Waals surface area contributed by atoms with Gasteiger partial charge in [0.25, 0.3) is 0 Å². The number of fused-ring (bicyclic) bond motifs is 1. The Balaban J connectivity index is 2.31. The number of thiophene rings is 1. The molecule has 0 bridgehead atoms. The first-order valence-electron chi connectivity index (χ1n) is 5.33. The van der Waals surface area contributed by atoms with Gasteiger partial charge in [0.2, 0.25) is 5.82 Å². The van der Waals surface area contributed by atoms with Crippen LogP contribution >= 0.6 is 11.3 Å². The van der Waals surface area contributed by atoms with E-state index in [1.807, 2.05) is 17.5 Å². The molecule has 3 aromatic rings. The molecule has 7 heteroatoms. The first kappa shape index (κ1) is 11.5. The van der Waals surface area contributed by atoms with Crippen molar-refractivity contribution in [1.82, 2.24) is 9.38 Å². The zero-order valence-electron chi connectivity index (χ0n) is 9.48. The van der Waals surface area contributed by atoms with Crippen molar-refractivity contribution in [3.63, 3.8) is 0 Å². The minimum absolute atomic E-state index is 0.0764. The maximum Gasteiger partial charge on any atom is 0.337 e. The second-order valence-electron chi connectivity index (χ2n) is 3.80. The van der Waals surface area contributed by atoms with Crippen LogP contribution < -0.4 is 0 Å². The van der Waals surface area contributed by atoms with E-state index in [0.717, 1.165) is 4.88 Å². The fourth-order valence-electron chi connectivity index (χ4n) is 1.82. The van der Waals surface area contributed by atoms with E-state index in [4.69, 9.17) is 5.11 Å². The Morgan fingerprint density at radius 3 is 2.84 bits per heavy atom. The maximum atomic E-state index is 11.0. The molecule has 0 unspecified atom stereocenters. The van der Waals surface area contributed by atoms with Crippen LogP contribution in [-0.2, 0) is 0 Å². The zero-order valence-corrected chi connectivity index (χ0v) is 10.3. The lowest BCUT2D eigenvalue weighted by Gasteiger charge is -1.97. The lowest BCUT2D eigenvalue weighted by Crippen LogP contribution is -1.98. The standard InChI is InChI=1S/C12H7N3O3S/c16-12(17)7-3-4-9-13-10(8-2-1-5-19-8)11(14-18)15(9)6-7/h1-6H,(H,16,17). The quantitative estimate of drug-likeness (QED) is 0.743. The number of hydrogen-bond donors (Lipinski definition) is 1. The second kappa shape index (κ2) is 4.29. The van der Waals surface area contributed by atoms with Gasteiger partial charge in [0.1, 0.15) is 11.3 Å². The minimum Gasteiger partial charge on any atom is -0.478 e. The van der Waals surface area contributed by atoms with Gasteiger partial charge >= 0.3 is 5.97 Å². The molecule has 0 saturated heterocycles. The van der Waals surface area contributed by atoms with Crippen LogP contribution in [0.3, 0.4) is 0 Å². The summed E-state index contributed by atoms with van der Waals surface area (Å²) in [5, 5.41) is 13.8. The molecular weight excluding hydrogens is 266 g/mol. The first-order chi connectivity index (χ1) is 9.20. The number of aromatic nitrogens is 2. The molecule has 3 heterocycles. The molecular formula is C12H7N3O3S. The summed E-state index contributed by atoms with van der Waals surface area (Å²) in [6.07, 6.45) is 1.35. The number of hydrogen-bond acceptors (Lipinski definition) is 5. The summed E-state index contributed by atoms with van der Waals surface area (Å²) in [7, 11) is 0. The van der Waals surface area contributed by atoms with E-state index >= 15 is 0 Å². The van der Waals surface area contributed by atoms with Gasteiger partial charge in [-0.25, -0.2) is 9.78 Å². The summed E-state index contributed by atoms with van der Waals surface area (Å²) < 4.78 is 1.39. The molecule has 0 atom stereocenters. The van der Waals surface area contributed by atoms with Crippen molar-refractivity contribution in [2.45, 2.75) is 0 Å². The molecule has 0 fully saturated rings. The molecule has 19 heavy (non-hydrogen) atoms. The van der Waals surface area contributed by atoms with Gasteiger partial charge in [-0.15, -0.1) is 16.2 Å². The zero-order chi connectivity index (χ0) is 13.4. The normalized spacial score (nSPS) is 10.7. The summed E-state index contributed by atoms with van der Waals surface area (Å²) in [5.74, 6) is -0.953. The van der Waals surface area contributed by atoms with E-state index in [0.29, 0.717) is 11.3 Å². The third-order valence-corrected chi connectivity index (χ3v) is 3.56. The molecule has 3 aromatic heterocycles. The van der Waals surface area contributed by atoms with Crippen molar-refractivity contribution in [2.24, 2.45) is 5.18 Å². The van der Waals surface area contributed by atoms with Crippen LogP contribution in [0.5, 0.6) is 0 Å². The molecule has 0 aliphatic heterocycles. The molecule has 0 radical (unpaired) electrons. The van der Waals surface area contributed by atoms with Gasteiger partial charge in [0, 0.05) is 6.20 Å². The van der Waals surface area contributed by atoms with Crippen molar-refractivity contribution >= 4 is 28.8 Å². The van der Waals surface area contributed by atoms with E-state index in [1.54, 1.807) is 6.07 Å². The molecule has 0 aromatic carbocycles. The first-order valence-corrected chi connectivity index (χ1v) is 6.21. The van der Waals surface area contributed by atoms with Crippen molar-refractivity contribution in [3.05, 3.63) is 46.3 Å². The monoisotopic (exact) mass is 273 g/mol. The summed E-state index contributed by atoms with van der Waals surface area (Å²) in [4.78, 5) is 27.1. The van der Waals surface area contributed by atoms with E-state index < -0.39 is 5.97 Å². The van der Waals surface area contributed by atoms with E-state index in [1.165, 1.54) is 28.0 Å². The largest absolute Gasteiger partial charge is 0.478 e. The fourth-order valence-corrected chi connectivity index (χ4v) is 2.53. The van der Waals surface area contributed by atoms with Crippen LogP contribution in [0.4, 0.5) is 5.82 Å². The Kier molecular flexibility index (Phi) is 2.60. The Morgan fingerprint density at radius 2 is 2.21 bits per heavy atom. The smallest absolute Gasteiger partial charge is 0.337 e. The SMILES string of the molecule is O=Nc1c(-c2cccs2)nc2ccc(C(=O)O)cn12. The number of carbonyl (C=O) groups is 1. The van der Waals surface area contributed by atoms with Crippen LogP contribution in [0.25, 0.3) is 16.2 Å². The summed E-state index contributed by atoms with van der Waals surface area (Å²) in [6.45, 7) is 0. The van der Waals surface area contributed by atoms with Gasteiger partial charge in [-0.3, -0.25) is 4.40 Å².